The monoisotopic (exact) mass is 327 g/mol. The number of esters is 1. The van der Waals surface area contributed by atoms with Crippen LogP contribution in [0.3, 0.4) is 0 Å². The van der Waals surface area contributed by atoms with Crippen LogP contribution in [0, 0.1) is 0 Å². The van der Waals surface area contributed by atoms with Crippen LogP contribution in [0.2, 0.25) is 0 Å². The predicted molar refractivity (Wildman–Crippen MR) is 94.9 cm³/mol. The summed E-state index contributed by atoms with van der Waals surface area (Å²) < 4.78 is 15.7. The van der Waals surface area contributed by atoms with Crippen molar-refractivity contribution in [1.82, 2.24) is 0 Å². The average molecular weight is 327 g/mol. The molecule has 0 heterocycles. The summed E-state index contributed by atoms with van der Waals surface area (Å²) in [6.45, 7) is 2.07. The maximum absolute atomic E-state index is 12.3. The summed E-state index contributed by atoms with van der Waals surface area (Å²) in [6, 6.07) is 12.7. The Kier molecular flexibility index (Phi) is 5.84. The molecule has 2 N–H and O–H groups in total. The Hall–Kier alpha value is -2.95. The number of hydrogen-bond donors (Lipinski definition) is 1. The molecule has 5 nitrogen and oxygen atoms in total. The zero-order chi connectivity index (χ0) is 17.5. The number of hydrogen-bond acceptors (Lipinski definition) is 5. The van der Waals surface area contributed by atoms with Gasteiger partial charge in [0.2, 0.25) is 0 Å². The lowest BCUT2D eigenvalue weighted by Gasteiger charge is -2.12. The third-order valence-electron chi connectivity index (χ3n) is 3.47. The van der Waals surface area contributed by atoms with Gasteiger partial charge in [0, 0.05) is 17.3 Å². The van der Waals surface area contributed by atoms with Gasteiger partial charge in [-0.15, -0.1) is 0 Å². The standard InChI is InChI=1S/C19H21NO4/c1-4-24-19(21)15(13-8-6-5-7-9-13)10-14-11-17(22-2)18(23-3)12-16(14)20/h5-12H,4,20H2,1-3H3/b15-10+. The molecular weight excluding hydrogens is 306 g/mol. The second-order valence-corrected chi connectivity index (χ2v) is 4.98. The number of ether oxygens (including phenoxy) is 3. The second-order valence-electron chi connectivity index (χ2n) is 4.98. The molecule has 2 aromatic rings. The van der Waals surface area contributed by atoms with Gasteiger partial charge in [0.15, 0.2) is 11.5 Å². The van der Waals surface area contributed by atoms with Crippen molar-refractivity contribution < 1.29 is 19.0 Å². The second kappa shape index (κ2) is 8.06. The number of methoxy groups -OCH3 is 2. The van der Waals surface area contributed by atoms with E-state index in [4.69, 9.17) is 19.9 Å². The number of nitrogen functional groups attached to an aromatic ring is 1. The maximum atomic E-state index is 12.3. The van der Waals surface area contributed by atoms with Crippen LogP contribution in [0.4, 0.5) is 5.69 Å². The van der Waals surface area contributed by atoms with E-state index in [2.05, 4.69) is 0 Å². The van der Waals surface area contributed by atoms with Crippen LogP contribution >= 0.6 is 0 Å². The summed E-state index contributed by atoms with van der Waals surface area (Å²) in [5.41, 5.74) is 8.40. The third-order valence-corrected chi connectivity index (χ3v) is 3.47. The number of carbonyl (C=O) groups is 1. The van der Waals surface area contributed by atoms with Crippen LogP contribution in [0.1, 0.15) is 18.1 Å². The topological polar surface area (TPSA) is 70.8 Å². The van der Waals surface area contributed by atoms with Gasteiger partial charge >= 0.3 is 5.97 Å². The van der Waals surface area contributed by atoms with E-state index in [1.54, 1.807) is 39.4 Å². The molecule has 0 amide bonds. The molecule has 0 atom stereocenters. The molecular formula is C19H21NO4. The first-order valence-corrected chi connectivity index (χ1v) is 7.56. The average Bonchev–Trinajstić information content (AvgIpc) is 2.61. The van der Waals surface area contributed by atoms with Crippen molar-refractivity contribution in [3.8, 4) is 11.5 Å². The van der Waals surface area contributed by atoms with E-state index in [1.807, 2.05) is 30.3 Å². The van der Waals surface area contributed by atoms with E-state index in [-0.39, 0.29) is 0 Å². The summed E-state index contributed by atoms with van der Waals surface area (Å²) in [5, 5.41) is 0. The predicted octanol–water partition coefficient (Wildman–Crippen LogP) is 3.39. The molecule has 0 bridgehead atoms. The molecule has 0 aliphatic heterocycles. The van der Waals surface area contributed by atoms with Gasteiger partial charge in [-0.2, -0.15) is 0 Å². The van der Waals surface area contributed by atoms with Gasteiger partial charge in [-0.05, 0) is 24.6 Å². The highest BCUT2D eigenvalue weighted by molar-refractivity contribution is 6.22. The summed E-state index contributed by atoms with van der Waals surface area (Å²) >= 11 is 0. The SMILES string of the molecule is CCOC(=O)/C(=C/c1cc(OC)c(OC)cc1N)c1ccccc1. The molecule has 0 saturated heterocycles. The van der Waals surface area contributed by atoms with E-state index in [1.165, 1.54) is 0 Å². The van der Waals surface area contributed by atoms with E-state index in [9.17, 15) is 4.79 Å². The normalized spacial score (nSPS) is 11.0. The minimum absolute atomic E-state index is 0.296. The van der Waals surface area contributed by atoms with Crippen molar-refractivity contribution in [2.24, 2.45) is 0 Å². The van der Waals surface area contributed by atoms with Crippen molar-refractivity contribution in [2.75, 3.05) is 26.6 Å². The fourth-order valence-electron chi connectivity index (χ4n) is 2.28. The quantitative estimate of drug-likeness (QED) is 0.381. The molecule has 126 valence electrons. The van der Waals surface area contributed by atoms with Crippen LogP contribution in [0.5, 0.6) is 11.5 Å². The van der Waals surface area contributed by atoms with E-state index >= 15 is 0 Å². The highest BCUT2D eigenvalue weighted by atomic mass is 16.5. The van der Waals surface area contributed by atoms with Crippen molar-refractivity contribution in [1.29, 1.82) is 0 Å². The molecule has 2 aromatic carbocycles. The first kappa shape index (κ1) is 17.4. The van der Waals surface area contributed by atoms with Gasteiger partial charge < -0.3 is 19.9 Å². The fraction of sp³-hybridized carbons (Fsp3) is 0.211. The van der Waals surface area contributed by atoms with Crippen LogP contribution in [-0.2, 0) is 9.53 Å². The van der Waals surface area contributed by atoms with Crippen molar-refractivity contribution >= 4 is 23.3 Å². The van der Waals surface area contributed by atoms with Crippen LogP contribution in [-0.4, -0.2) is 26.8 Å². The summed E-state index contributed by atoms with van der Waals surface area (Å²) in [7, 11) is 3.09. The molecule has 0 unspecified atom stereocenters. The lowest BCUT2D eigenvalue weighted by atomic mass is 10.0. The first-order valence-electron chi connectivity index (χ1n) is 7.56. The Balaban J connectivity index is 2.56. The zero-order valence-electron chi connectivity index (χ0n) is 14.0. The van der Waals surface area contributed by atoms with E-state index < -0.39 is 5.97 Å². The smallest absolute Gasteiger partial charge is 0.338 e. The molecule has 2 rings (SSSR count). The van der Waals surface area contributed by atoms with Gasteiger partial charge in [0.05, 0.1) is 26.4 Å². The minimum atomic E-state index is -0.405. The third kappa shape index (κ3) is 3.87. The molecule has 0 aliphatic carbocycles. The number of nitrogens with two attached hydrogens (primary N) is 1. The molecule has 0 aromatic heterocycles. The van der Waals surface area contributed by atoms with Gasteiger partial charge in [0.25, 0.3) is 0 Å². The molecule has 5 heteroatoms. The number of benzene rings is 2. The fourth-order valence-corrected chi connectivity index (χ4v) is 2.28. The van der Waals surface area contributed by atoms with Crippen LogP contribution in [0.15, 0.2) is 42.5 Å². The Bertz CT molecular complexity index is 739. The van der Waals surface area contributed by atoms with Gasteiger partial charge in [-0.1, -0.05) is 30.3 Å². The number of anilines is 1. The summed E-state index contributed by atoms with van der Waals surface area (Å²) in [5.74, 6) is 0.664. The van der Waals surface area contributed by atoms with Crippen molar-refractivity contribution in [3.63, 3.8) is 0 Å². The Morgan fingerprint density at radius 2 is 1.71 bits per heavy atom. The lowest BCUT2D eigenvalue weighted by Crippen LogP contribution is -2.07. The molecule has 0 saturated carbocycles. The Morgan fingerprint density at radius 3 is 2.29 bits per heavy atom. The minimum Gasteiger partial charge on any atom is -0.493 e. The zero-order valence-corrected chi connectivity index (χ0v) is 14.0. The van der Waals surface area contributed by atoms with E-state index in [0.717, 1.165) is 5.56 Å². The highest BCUT2D eigenvalue weighted by Crippen LogP contribution is 2.34. The number of rotatable bonds is 6. The largest absolute Gasteiger partial charge is 0.493 e. The Morgan fingerprint density at radius 1 is 1.08 bits per heavy atom. The summed E-state index contributed by atoms with van der Waals surface area (Å²) in [4.78, 5) is 12.3. The van der Waals surface area contributed by atoms with Gasteiger partial charge in [-0.3, -0.25) is 0 Å². The first-order chi connectivity index (χ1) is 11.6. The van der Waals surface area contributed by atoms with Crippen molar-refractivity contribution in [2.45, 2.75) is 6.92 Å². The highest BCUT2D eigenvalue weighted by Gasteiger charge is 2.15. The van der Waals surface area contributed by atoms with Crippen LogP contribution in [0.25, 0.3) is 11.6 Å². The van der Waals surface area contributed by atoms with Gasteiger partial charge in [0.1, 0.15) is 0 Å². The maximum Gasteiger partial charge on any atom is 0.338 e. The molecule has 24 heavy (non-hydrogen) atoms. The molecule has 0 radical (unpaired) electrons. The molecule has 0 spiro atoms. The number of carbonyl (C=O) groups excluding carboxylic acids is 1. The van der Waals surface area contributed by atoms with Gasteiger partial charge in [-0.25, -0.2) is 4.79 Å². The summed E-state index contributed by atoms with van der Waals surface area (Å²) in [6.07, 6.45) is 1.70. The van der Waals surface area contributed by atoms with E-state index in [0.29, 0.717) is 34.9 Å². The molecule has 0 aliphatic rings. The van der Waals surface area contributed by atoms with Crippen LogP contribution < -0.4 is 15.2 Å². The lowest BCUT2D eigenvalue weighted by molar-refractivity contribution is -0.136. The van der Waals surface area contributed by atoms with Crippen molar-refractivity contribution in [3.05, 3.63) is 53.6 Å². The Labute approximate surface area is 141 Å². The molecule has 0 fully saturated rings.